The van der Waals surface area contributed by atoms with Gasteiger partial charge >= 0.3 is 0 Å². The Morgan fingerprint density at radius 2 is 2.06 bits per heavy atom. The number of hydrogen-bond acceptors (Lipinski definition) is 2. The van der Waals surface area contributed by atoms with Gasteiger partial charge in [-0.25, -0.2) is 8.78 Å². The van der Waals surface area contributed by atoms with Gasteiger partial charge in [-0.1, -0.05) is 13.0 Å². The lowest BCUT2D eigenvalue weighted by atomic mass is 10.1. The lowest BCUT2D eigenvalue weighted by molar-refractivity contribution is 0.0749. The van der Waals surface area contributed by atoms with Gasteiger partial charge in [0.15, 0.2) is 11.6 Å². The summed E-state index contributed by atoms with van der Waals surface area (Å²) < 4.78 is 26.6. The van der Waals surface area contributed by atoms with Gasteiger partial charge in [0.1, 0.15) is 0 Å². The van der Waals surface area contributed by atoms with E-state index in [-0.39, 0.29) is 5.56 Å². The minimum Gasteiger partial charge on any atom is -0.339 e. The second-order valence-electron chi connectivity index (χ2n) is 4.04. The van der Waals surface area contributed by atoms with E-state index in [4.69, 9.17) is 5.73 Å². The van der Waals surface area contributed by atoms with E-state index < -0.39 is 17.5 Å². The van der Waals surface area contributed by atoms with E-state index in [0.717, 1.165) is 12.5 Å². The summed E-state index contributed by atoms with van der Waals surface area (Å²) in [5, 5.41) is 0. The van der Waals surface area contributed by atoms with Gasteiger partial charge in [-0.3, -0.25) is 4.79 Å². The molecule has 1 rings (SSSR count). The average Bonchev–Trinajstić information content (AvgIpc) is 2.37. The Bertz CT molecular complexity index is 410. The molecule has 0 fully saturated rings. The molecule has 18 heavy (non-hydrogen) atoms. The van der Waals surface area contributed by atoms with Crippen LogP contribution in [0.25, 0.3) is 0 Å². The first-order valence-corrected chi connectivity index (χ1v) is 6.05. The number of hydrogen-bond donors (Lipinski definition) is 1. The van der Waals surface area contributed by atoms with E-state index in [0.29, 0.717) is 26.1 Å². The zero-order valence-corrected chi connectivity index (χ0v) is 10.5. The number of carbonyl (C=O) groups excluding carboxylic acids is 1. The Hall–Kier alpha value is -1.49. The standard InChI is InChI=1S/C13H18F2N2O/c1-2-8-17(9-4-7-16)13(18)10-5-3-6-11(14)12(10)15/h3,5-6H,2,4,7-9,16H2,1H3. The molecule has 0 atom stereocenters. The molecule has 0 radical (unpaired) electrons. The molecule has 0 saturated carbocycles. The molecular formula is C13H18F2N2O. The molecule has 0 saturated heterocycles. The molecular weight excluding hydrogens is 238 g/mol. The van der Waals surface area contributed by atoms with Gasteiger partial charge in [-0.15, -0.1) is 0 Å². The molecule has 0 unspecified atom stereocenters. The number of nitrogens with two attached hydrogens (primary N) is 1. The molecule has 0 aromatic heterocycles. The van der Waals surface area contributed by atoms with Crippen molar-refractivity contribution in [2.45, 2.75) is 19.8 Å². The molecule has 0 spiro atoms. The van der Waals surface area contributed by atoms with Gasteiger partial charge in [0.05, 0.1) is 5.56 Å². The maximum Gasteiger partial charge on any atom is 0.256 e. The Balaban J connectivity index is 2.90. The van der Waals surface area contributed by atoms with Gasteiger partial charge in [0.25, 0.3) is 5.91 Å². The van der Waals surface area contributed by atoms with Crippen molar-refractivity contribution >= 4 is 5.91 Å². The van der Waals surface area contributed by atoms with Crippen LogP contribution in [0.2, 0.25) is 0 Å². The van der Waals surface area contributed by atoms with Crippen LogP contribution in [0.5, 0.6) is 0 Å². The van der Waals surface area contributed by atoms with Gasteiger partial charge in [-0.05, 0) is 31.5 Å². The zero-order chi connectivity index (χ0) is 13.5. The highest BCUT2D eigenvalue weighted by molar-refractivity contribution is 5.94. The minimum atomic E-state index is -1.09. The molecule has 0 aliphatic carbocycles. The van der Waals surface area contributed by atoms with Crippen LogP contribution in [0.15, 0.2) is 18.2 Å². The van der Waals surface area contributed by atoms with Crippen LogP contribution in [0.1, 0.15) is 30.1 Å². The lowest BCUT2D eigenvalue weighted by Crippen LogP contribution is -2.34. The van der Waals surface area contributed by atoms with Crippen molar-refractivity contribution in [1.82, 2.24) is 4.90 Å². The second-order valence-corrected chi connectivity index (χ2v) is 4.04. The third-order valence-electron chi connectivity index (χ3n) is 2.59. The SMILES string of the molecule is CCCN(CCCN)C(=O)c1cccc(F)c1F. The largest absolute Gasteiger partial charge is 0.339 e. The van der Waals surface area contributed by atoms with Crippen LogP contribution in [0.3, 0.4) is 0 Å². The quantitative estimate of drug-likeness (QED) is 0.847. The summed E-state index contributed by atoms with van der Waals surface area (Å²) >= 11 is 0. The van der Waals surface area contributed by atoms with Crippen molar-refractivity contribution in [3.05, 3.63) is 35.4 Å². The second kappa shape index (κ2) is 7.06. The van der Waals surface area contributed by atoms with Gasteiger partial charge in [0.2, 0.25) is 0 Å². The average molecular weight is 256 g/mol. The fourth-order valence-electron chi connectivity index (χ4n) is 1.71. The van der Waals surface area contributed by atoms with Crippen LogP contribution >= 0.6 is 0 Å². The van der Waals surface area contributed by atoms with Crippen molar-refractivity contribution in [2.75, 3.05) is 19.6 Å². The molecule has 1 aromatic rings. The molecule has 2 N–H and O–H groups in total. The van der Waals surface area contributed by atoms with Crippen molar-refractivity contribution < 1.29 is 13.6 Å². The fraction of sp³-hybridized carbons (Fsp3) is 0.462. The van der Waals surface area contributed by atoms with Gasteiger partial charge < -0.3 is 10.6 Å². The van der Waals surface area contributed by atoms with E-state index in [1.165, 1.54) is 17.0 Å². The highest BCUT2D eigenvalue weighted by Gasteiger charge is 2.20. The number of nitrogens with zero attached hydrogens (tertiary/aromatic N) is 1. The summed E-state index contributed by atoms with van der Waals surface area (Å²) in [5.74, 6) is -2.57. The van der Waals surface area contributed by atoms with E-state index in [2.05, 4.69) is 0 Å². The van der Waals surface area contributed by atoms with Gasteiger partial charge in [0, 0.05) is 13.1 Å². The molecule has 1 aromatic carbocycles. The van der Waals surface area contributed by atoms with E-state index >= 15 is 0 Å². The van der Waals surface area contributed by atoms with E-state index in [1.54, 1.807) is 0 Å². The normalized spacial score (nSPS) is 10.4. The highest BCUT2D eigenvalue weighted by atomic mass is 19.2. The molecule has 3 nitrogen and oxygen atoms in total. The number of benzene rings is 1. The number of halogens is 2. The van der Waals surface area contributed by atoms with Crippen molar-refractivity contribution in [2.24, 2.45) is 5.73 Å². The molecule has 0 aliphatic rings. The Morgan fingerprint density at radius 1 is 1.33 bits per heavy atom. The smallest absolute Gasteiger partial charge is 0.256 e. The Kier molecular flexibility index (Phi) is 5.71. The number of rotatable bonds is 6. The Morgan fingerprint density at radius 3 is 2.67 bits per heavy atom. The van der Waals surface area contributed by atoms with E-state index in [1.807, 2.05) is 6.92 Å². The Labute approximate surface area is 106 Å². The first-order valence-electron chi connectivity index (χ1n) is 6.05. The van der Waals surface area contributed by atoms with Crippen molar-refractivity contribution in [3.63, 3.8) is 0 Å². The highest BCUT2D eigenvalue weighted by Crippen LogP contribution is 2.14. The third-order valence-corrected chi connectivity index (χ3v) is 2.59. The summed E-state index contributed by atoms with van der Waals surface area (Å²) in [7, 11) is 0. The van der Waals surface area contributed by atoms with Crippen LogP contribution in [0, 0.1) is 11.6 Å². The fourth-order valence-corrected chi connectivity index (χ4v) is 1.71. The molecule has 0 bridgehead atoms. The maximum absolute atomic E-state index is 13.5. The topological polar surface area (TPSA) is 46.3 Å². The van der Waals surface area contributed by atoms with Crippen LogP contribution in [0.4, 0.5) is 8.78 Å². The summed E-state index contributed by atoms with van der Waals surface area (Å²) in [6.07, 6.45) is 1.40. The molecule has 1 amide bonds. The molecule has 100 valence electrons. The summed E-state index contributed by atoms with van der Waals surface area (Å²) in [6, 6.07) is 3.63. The minimum absolute atomic E-state index is 0.222. The maximum atomic E-state index is 13.5. The summed E-state index contributed by atoms with van der Waals surface area (Å²) in [6.45, 7) is 3.34. The monoisotopic (exact) mass is 256 g/mol. The number of amides is 1. The number of carbonyl (C=O) groups is 1. The van der Waals surface area contributed by atoms with Crippen LogP contribution in [-0.4, -0.2) is 30.4 Å². The van der Waals surface area contributed by atoms with Crippen molar-refractivity contribution in [1.29, 1.82) is 0 Å². The predicted octanol–water partition coefficient (Wildman–Crippen LogP) is 2.17. The third kappa shape index (κ3) is 3.50. The lowest BCUT2D eigenvalue weighted by Gasteiger charge is -2.22. The van der Waals surface area contributed by atoms with Crippen LogP contribution in [-0.2, 0) is 0 Å². The molecule has 0 heterocycles. The van der Waals surface area contributed by atoms with Crippen LogP contribution < -0.4 is 5.73 Å². The summed E-state index contributed by atoms with van der Waals surface area (Å²) in [4.78, 5) is 13.6. The first-order chi connectivity index (χ1) is 8.61. The first kappa shape index (κ1) is 14.6. The van der Waals surface area contributed by atoms with E-state index in [9.17, 15) is 13.6 Å². The molecule has 0 aliphatic heterocycles. The van der Waals surface area contributed by atoms with Gasteiger partial charge in [-0.2, -0.15) is 0 Å². The zero-order valence-electron chi connectivity index (χ0n) is 10.5. The predicted molar refractivity (Wildman–Crippen MR) is 66.2 cm³/mol. The summed E-state index contributed by atoms with van der Waals surface area (Å²) in [5.41, 5.74) is 5.17. The van der Waals surface area contributed by atoms with Crippen molar-refractivity contribution in [3.8, 4) is 0 Å². The molecule has 5 heteroatoms.